The van der Waals surface area contributed by atoms with Crippen LogP contribution in [0.15, 0.2) is 61.2 Å². The second-order valence-corrected chi connectivity index (χ2v) is 12.7. The van der Waals surface area contributed by atoms with Gasteiger partial charge in [0.25, 0.3) is 5.91 Å². The number of carbonyl (C=O) groups excluding carboxylic acids is 3. The van der Waals surface area contributed by atoms with E-state index in [2.05, 4.69) is 19.9 Å². The minimum Gasteiger partial charge on any atom is -0.344 e. The molecular weight excluding hydrogens is 678 g/mol. The molecule has 2 saturated carbocycles. The summed E-state index contributed by atoms with van der Waals surface area (Å²) < 4.78 is 81.0. The van der Waals surface area contributed by atoms with Crippen LogP contribution in [-0.2, 0) is 28.5 Å². The summed E-state index contributed by atoms with van der Waals surface area (Å²) >= 11 is 0. The second-order valence-electron chi connectivity index (χ2n) is 12.7. The molecule has 2 aliphatic carbocycles. The summed E-state index contributed by atoms with van der Waals surface area (Å²) in [6.45, 7) is -0.705. The number of Topliss-reactive ketones (excluding diaryl/α,β-unsaturated/α-hetero) is 2. The number of alkyl halides is 2. The monoisotopic (exact) mass is 712 g/mol. The van der Waals surface area contributed by atoms with Gasteiger partial charge in [0.15, 0.2) is 11.6 Å². The van der Waals surface area contributed by atoms with Gasteiger partial charge in [-0.15, -0.1) is 0 Å². The third kappa shape index (κ3) is 8.30. The summed E-state index contributed by atoms with van der Waals surface area (Å²) in [5.41, 5.74) is 4.50. The summed E-state index contributed by atoms with van der Waals surface area (Å²) in [4.78, 5) is 50.7. The number of rotatable bonds is 12. The number of amides is 1. The number of nitrogens with two attached hydrogens (primary N) is 1. The van der Waals surface area contributed by atoms with Crippen molar-refractivity contribution in [3.63, 3.8) is 0 Å². The Hall–Kier alpha value is -5.05. The van der Waals surface area contributed by atoms with Crippen LogP contribution in [-0.4, -0.2) is 56.9 Å². The van der Waals surface area contributed by atoms with Gasteiger partial charge in [-0.25, -0.2) is 37.5 Å². The molecule has 3 N–H and O–H groups in total. The highest BCUT2D eigenvalue weighted by atomic mass is 19.3. The van der Waals surface area contributed by atoms with Crippen molar-refractivity contribution in [2.24, 2.45) is 5.73 Å². The molecule has 0 saturated heterocycles. The highest BCUT2D eigenvalue weighted by Crippen LogP contribution is 2.48. The van der Waals surface area contributed by atoms with Crippen molar-refractivity contribution in [2.45, 2.75) is 68.6 Å². The number of nitrogens with zero attached hydrogens (tertiary/aromatic N) is 4. The molecule has 268 valence electrons. The first kappa shape index (κ1) is 37.2. The van der Waals surface area contributed by atoms with Crippen LogP contribution in [0, 0.1) is 23.3 Å². The molecular formula is C36H34F6N6O3. The molecule has 4 aromatic rings. The van der Waals surface area contributed by atoms with Gasteiger partial charge < -0.3 is 11.1 Å². The molecule has 2 fully saturated rings. The van der Waals surface area contributed by atoms with Crippen molar-refractivity contribution in [3.05, 3.63) is 118 Å². The van der Waals surface area contributed by atoms with Crippen LogP contribution in [0.4, 0.5) is 26.3 Å². The minimum atomic E-state index is -3.20. The van der Waals surface area contributed by atoms with Crippen molar-refractivity contribution in [1.29, 1.82) is 0 Å². The van der Waals surface area contributed by atoms with Crippen molar-refractivity contribution in [2.75, 3.05) is 13.1 Å². The number of aromatic nitrogens is 4. The molecule has 2 aliphatic rings. The molecule has 0 radical (unpaired) electrons. The quantitative estimate of drug-likeness (QED) is 0.144. The maximum absolute atomic E-state index is 14.2. The highest BCUT2D eigenvalue weighted by molar-refractivity contribution is 5.99. The maximum atomic E-state index is 14.2. The van der Waals surface area contributed by atoms with Crippen LogP contribution in [0.2, 0.25) is 0 Å². The molecule has 0 atom stereocenters. The van der Waals surface area contributed by atoms with Crippen LogP contribution in [0.5, 0.6) is 0 Å². The van der Waals surface area contributed by atoms with Crippen LogP contribution in [0.3, 0.4) is 0 Å². The lowest BCUT2D eigenvalue weighted by atomic mass is 9.62. The number of carbonyl (C=O) groups is 3. The summed E-state index contributed by atoms with van der Waals surface area (Å²) in [5.74, 6) is -3.89. The van der Waals surface area contributed by atoms with Gasteiger partial charge in [0.05, 0.1) is 24.2 Å². The third-order valence-electron chi connectivity index (χ3n) is 9.46. The van der Waals surface area contributed by atoms with Crippen LogP contribution >= 0.6 is 0 Å². The molecule has 9 nitrogen and oxygen atoms in total. The van der Waals surface area contributed by atoms with E-state index < -0.39 is 58.8 Å². The number of benzene rings is 2. The van der Waals surface area contributed by atoms with E-state index in [4.69, 9.17) is 5.73 Å². The van der Waals surface area contributed by atoms with Crippen molar-refractivity contribution >= 4 is 17.5 Å². The zero-order chi connectivity index (χ0) is 36.8. The lowest BCUT2D eigenvalue weighted by molar-refractivity contribution is -0.131. The van der Waals surface area contributed by atoms with E-state index in [1.165, 1.54) is 61.2 Å². The topological polar surface area (TPSA) is 141 Å². The molecule has 2 aromatic carbocycles. The SMILES string of the molecule is NCC(=O)c1cnc(CC2(c3c(F)cccc3F)CCC2)nc1.O=C(CNC(=O)C(F)F)c1cnc(CC2(c3c(F)cccc3F)CCC2)nc1. The molecule has 0 spiro atoms. The van der Waals surface area contributed by atoms with Crippen molar-refractivity contribution in [3.8, 4) is 0 Å². The first-order chi connectivity index (χ1) is 24.4. The number of halogens is 6. The molecule has 51 heavy (non-hydrogen) atoms. The zero-order valence-electron chi connectivity index (χ0n) is 27.3. The smallest absolute Gasteiger partial charge is 0.315 e. The zero-order valence-corrected chi connectivity index (χ0v) is 27.3. The fourth-order valence-corrected chi connectivity index (χ4v) is 6.50. The summed E-state index contributed by atoms with van der Waals surface area (Å²) in [5, 5.41) is 1.81. The lowest BCUT2D eigenvalue weighted by Crippen LogP contribution is -2.39. The average molecular weight is 713 g/mol. The average Bonchev–Trinajstić information content (AvgIpc) is 3.08. The first-order valence-corrected chi connectivity index (χ1v) is 16.2. The Labute approximate surface area is 289 Å². The number of hydrogen-bond acceptors (Lipinski definition) is 8. The Morgan fingerprint density at radius 1 is 0.667 bits per heavy atom. The molecule has 6 rings (SSSR count). The van der Waals surface area contributed by atoms with Gasteiger partial charge in [0.2, 0.25) is 0 Å². The third-order valence-corrected chi connectivity index (χ3v) is 9.46. The van der Waals surface area contributed by atoms with Gasteiger partial charge in [0.1, 0.15) is 34.9 Å². The van der Waals surface area contributed by atoms with Crippen LogP contribution < -0.4 is 11.1 Å². The molecule has 0 aliphatic heterocycles. The molecule has 15 heteroatoms. The standard InChI is InChI=1S/C19H17F4N3O2.C17H17F2N3O/c20-12-3-1-4-13(21)16(12)19(5-2-6-19)7-15-24-8-11(9-25-15)14(27)10-26-18(28)17(22)23;18-12-3-1-4-13(19)16(12)17(5-2-6-17)7-15-21-9-11(10-22-15)14(23)8-20/h1,3-4,8-9,17H,2,5-7,10H2,(H,26,28);1,3-4,9-10H,2,5-8,20H2. The number of hydrogen-bond donors (Lipinski definition) is 2. The maximum Gasteiger partial charge on any atom is 0.315 e. The van der Waals surface area contributed by atoms with Gasteiger partial charge in [-0.1, -0.05) is 25.0 Å². The van der Waals surface area contributed by atoms with Crippen LogP contribution in [0.25, 0.3) is 0 Å². The Kier molecular flexibility index (Phi) is 11.6. The van der Waals surface area contributed by atoms with E-state index in [0.717, 1.165) is 12.8 Å². The number of ketones is 2. The van der Waals surface area contributed by atoms with Gasteiger partial charge >= 0.3 is 6.43 Å². The molecule has 0 unspecified atom stereocenters. The normalized spacial score (nSPS) is 15.5. The summed E-state index contributed by atoms with van der Waals surface area (Å²) in [6, 6.07) is 7.67. The van der Waals surface area contributed by atoms with E-state index in [-0.39, 0.29) is 35.4 Å². The van der Waals surface area contributed by atoms with Gasteiger partial charge in [-0.05, 0) is 49.9 Å². The molecule has 2 heterocycles. The lowest BCUT2D eigenvalue weighted by Gasteiger charge is -2.42. The number of nitrogens with one attached hydrogen (secondary N) is 1. The molecule has 2 aromatic heterocycles. The first-order valence-electron chi connectivity index (χ1n) is 16.2. The summed E-state index contributed by atoms with van der Waals surface area (Å²) in [7, 11) is 0. The summed E-state index contributed by atoms with van der Waals surface area (Å²) in [6.07, 6.45) is 6.92. The van der Waals surface area contributed by atoms with Gasteiger partial charge in [-0.2, -0.15) is 8.78 Å². The Bertz CT molecular complexity index is 1840. The van der Waals surface area contributed by atoms with Crippen molar-refractivity contribution < 1.29 is 40.7 Å². The predicted molar refractivity (Wildman–Crippen MR) is 172 cm³/mol. The second kappa shape index (κ2) is 15.9. The van der Waals surface area contributed by atoms with E-state index >= 15 is 0 Å². The molecule has 0 bridgehead atoms. The fourth-order valence-electron chi connectivity index (χ4n) is 6.50. The largest absolute Gasteiger partial charge is 0.344 e. The fraction of sp³-hybridized carbons (Fsp3) is 0.361. The predicted octanol–water partition coefficient (Wildman–Crippen LogP) is 5.54. The van der Waals surface area contributed by atoms with E-state index in [1.54, 1.807) is 0 Å². The van der Waals surface area contributed by atoms with Gasteiger partial charge in [0, 0.05) is 59.6 Å². The van der Waals surface area contributed by atoms with E-state index in [9.17, 15) is 40.7 Å². The van der Waals surface area contributed by atoms with Crippen molar-refractivity contribution in [1.82, 2.24) is 25.3 Å². The van der Waals surface area contributed by atoms with E-state index in [1.807, 2.05) is 5.32 Å². The van der Waals surface area contributed by atoms with E-state index in [0.29, 0.717) is 49.3 Å². The Morgan fingerprint density at radius 2 is 1.04 bits per heavy atom. The Balaban J connectivity index is 0.000000201. The van der Waals surface area contributed by atoms with Gasteiger partial charge in [-0.3, -0.25) is 14.4 Å². The van der Waals surface area contributed by atoms with Crippen LogP contribution in [0.1, 0.15) is 82.0 Å². The molecule has 1 amide bonds. The Morgan fingerprint density at radius 3 is 1.35 bits per heavy atom. The highest BCUT2D eigenvalue weighted by Gasteiger charge is 2.44. The minimum absolute atomic E-state index is 0.0275.